The monoisotopic (exact) mass is 480 g/mol. The third-order valence-electron chi connectivity index (χ3n) is 5.25. The lowest BCUT2D eigenvalue weighted by atomic mass is 10.0. The summed E-state index contributed by atoms with van der Waals surface area (Å²) in [5.41, 5.74) is 1.28. The van der Waals surface area contributed by atoms with E-state index in [1.165, 1.54) is 61.7 Å². The van der Waals surface area contributed by atoms with Gasteiger partial charge in [0.25, 0.3) is 0 Å². The molecule has 1 saturated heterocycles. The first-order valence-electron chi connectivity index (χ1n) is 9.95. The van der Waals surface area contributed by atoms with Crippen LogP contribution in [0.15, 0.2) is 47.5 Å². The molecule has 1 aliphatic rings. The van der Waals surface area contributed by atoms with Gasteiger partial charge < -0.3 is 15.5 Å². The number of aliphatic imine (C=N–C) groups is 1. The maximum atomic E-state index is 4.41. The van der Waals surface area contributed by atoms with E-state index in [-0.39, 0.29) is 24.0 Å². The minimum absolute atomic E-state index is 0. The summed E-state index contributed by atoms with van der Waals surface area (Å²) < 4.78 is 0. The third kappa shape index (κ3) is 6.64. The summed E-state index contributed by atoms with van der Waals surface area (Å²) in [4.78, 5) is 7.00. The third-order valence-corrected chi connectivity index (χ3v) is 5.25. The summed E-state index contributed by atoms with van der Waals surface area (Å²) in [5, 5.41) is 9.64. The van der Waals surface area contributed by atoms with Gasteiger partial charge in [0, 0.05) is 32.7 Å². The van der Waals surface area contributed by atoms with Crippen molar-refractivity contribution in [3.63, 3.8) is 0 Å². The van der Waals surface area contributed by atoms with Gasteiger partial charge >= 0.3 is 0 Å². The number of guanidine groups is 1. The Labute approximate surface area is 180 Å². The van der Waals surface area contributed by atoms with E-state index in [4.69, 9.17) is 0 Å². The predicted octanol–water partition coefficient (Wildman–Crippen LogP) is 4.39. The Morgan fingerprint density at radius 2 is 1.85 bits per heavy atom. The van der Waals surface area contributed by atoms with E-state index < -0.39 is 0 Å². The SMILES string of the molecule is CCCCN1CCC(NC(=NC)NCc2ccc3ccccc3c2)CC1.I. The van der Waals surface area contributed by atoms with E-state index in [0.717, 1.165) is 12.5 Å². The van der Waals surface area contributed by atoms with Gasteiger partial charge in [0.1, 0.15) is 0 Å². The molecule has 0 unspecified atom stereocenters. The van der Waals surface area contributed by atoms with Crippen molar-refractivity contribution < 1.29 is 0 Å². The van der Waals surface area contributed by atoms with E-state index in [1.807, 2.05) is 7.05 Å². The highest BCUT2D eigenvalue weighted by molar-refractivity contribution is 14.0. The Morgan fingerprint density at radius 3 is 2.56 bits per heavy atom. The van der Waals surface area contributed by atoms with Gasteiger partial charge in [-0.3, -0.25) is 4.99 Å². The molecule has 0 aliphatic carbocycles. The molecule has 1 aliphatic heterocycles. The molecule has 0 saturated carbocycles. The van der Waals surface area contributed by atoms with Crippen molar-refractivity contribution in [3.05, 3.63) is 48.0 Å². The Kier molecular flexibility index (Phi) is 9.34. The predicted molar refractivity (Wildman–Crippen MR) is 127 cm³/mol. The molecule has 0 bridgehead atoms. The van der Waals surface area contributed by atoms with Crippen LogP contribution in [0.5, 0.6) is 0 Å². The van der Waals surface area contributed by atoms with E-state index in [1.54, 1.807) is 0 Å². The van der Waals surface area contributed by atoms with Gasteiger partial charge in [-0.05, 0) is 48.2 Å². The molecule has 2 N–H and O–H groups in total. The Balaban J connectivity index is 0.00000261. The summed E-state index contributed by atoms with van der Waals surface area (Å²) in [7, 11) is 1.85. The van der Waals surface area contributed by atoms with Crippen LogP contribution < -0.4 is 10.6 Å². The lowest BCUT2D eigenvalue weighted by Crippen LogP contribution is -2.48. The molecule has 1 fully saturated rings. The van der Waals surface area contributed by atoms with Crippen molar-refractivity contribution in [2.24, 2.45) is 4.99 Å². The second kappa shape index (κ2) is 11.5. The average Bonchev–Trinajstić information content (AvgIpc) is 2.70. The van der Waals surface area contributed by atoms with Crippen LogP contribution in [0.2, 0.25) is 0 Å². The van der Waals surface area contributed by atoms with Crippen molar-refractivity contribution in [3.8, 4) is 0 Å². The van der Waals surface area contributed by atoms with Crippen molar-refractivity contribution in [2.75, 3.05) is 26.7 Å². The van der Waals surface area contributed by atoms with E-state index >= 15 is 0 Å². The number of halogens is 1. The summed E-state index contributed by atoms with van der Waals surface area (Å²) in [6, 6.07) is 15.6. The van der Waals surface area contributed by atoms with Gasteiger partial charge in [0.05, 0.1) is 0 Å². The van der Waals surface area contributed by atoms with Crippen LogP contribution in [-0.4, -0.2) is 43.6 Å². The zero-order chi connectivity index (χ0) is 18.2. The molecule has 0 atom stereocenters. The topological polar surface area (TPSA) is 39.7 Å². The standard InChI is InChI=1S/C22H32N4.HI/c1-3-4-13-26-14-11-21(12-15-26)25-22(23-2)24-17-18-9-10-19-7-5-6-8-20(19)16-18;/h5-10,16,21H,3-4,11-15,17H2,1-2H3,(H2,23,24,25);1H. The first kappa shape index (κ1) is 22.0. The second-order valence-corrected chi connectivity index (χ2v) is 7.22. The van der Waals surface area contributed by atoms with Gasteiger partial charge in [-0.1, -0.05) is 49.7 Å². The Hall–Kier alpha value is -1.34. The number of unbranched alkanes of at least 4 members (excludes halogenated alkanes) is 1. The van der Waals surface area contributed by atoms with Crippen LogP contribution in [0.1, 0.15) is 38.2 Å². The molecule has 27 heavy (non-hydrogen) atoms. The minimum atomic E-state index is 0. The number of nitrogens with zero attached hydrogens (tertiary/aromatic N) is 2. The molecule has 3 rings (SSSR count). The molecule has 0 aromatic heterocycles. The minimum Gasteiger partial charge on any atom is -0.354 e. The number of likely N-dealkylation sites (tertiary alicyclic amines) is 1. The van der Waals surface area contributed by atoms with Gasteiger partial charge in [0.15, 0.2) is 5.96 Å². The summed E-state index contributed by atoms with van der Waals surface area (Å²) in [6.45, 7) is 6.69. The molecule has 148 valence electrons. The number of nitrogens with one attached hydrogen (secondary N) is 2. The van der Waals surface area contributed by atoms with Crippen LogP contribution in [-0.2, 0) is 6.54 Å². The summed E-state index contributed by atoms with van der Waals surface area (Å²) in [6.07, 6.45) is 4.98. The van der Waals surface area contributed by atoms with Gasteiger partial charge in [-0.25, -0.2) is 0 Å². The molecule has 0 spiro atoms. The van der Waals surface area contributed by atoms with Crippen molar-refractivity contribution in [1.29, 1.82) is 0 Å². The first-order valence-corrected chi connectivity index (χ1v) is 9.95. The number of rotatable bonds is 6. The fraction of sp³-hybridized carbons (Fsp3) is 0.500. The van der Waals surface area contributed by atoms with Crippen molar-refractivity contribution >= 4 is 40.7 Å². The summed E-state index contributed by atoms with van der Waals surface area (Å²) in [5.74, 6) is 0.908. The average molecular weight is 480 g/mol. The Bertz CT molecular complexity index is 723. The molecule has 4 nitrogen and oxygen atoms in total. The molecular formula is C22H33IN4. The zero-order valence-corrected chi connectivity index (χ0v) is 18.9. The Morgan fingerprint density at radius 1 is 1.11 bits per heavy atom. The van der Waals surface area contributed by atoms with E-state index in [9.17, 15) is 0 Å². The second-order valence-electron chi connectivity index (χ2n) is 7.22. The lowest BCUT2D eigenvalue weighted by Gasteiger charge is -2.33. The zero-order valence-electron chi connectivity index (χ0n) is 16.6. The van der Waals surface area contributed by atoms with Crippen molar-refractivity contribution in [2.45, 2.75) is 45.2 Å². The highest BCUT2D eigenvalue weighted by atomic mass is 127. The number of hydrogen-bond acceptors (Lipinski definition) is 2. The molecule has 2 aromatic rings. The smallest absolute Gasteiger partial charge is 0.191 e. The fourth-order valence-electron chi connectivity index (χ4n) is 3.61. The highest BCUT2D eigenvalue weighted by Crippen LogP contribution is 2.15. The summed E-state index contributed by atoms with van der Waals surface area (Å²) >= 11 is 0. The fourth-order valence-corrected chi connectivity index (χ4v) is 3.61. The number of benzene rings is 2. The van der Waals surface area contributed by atoms with Gasteiger partial charge in [-0.2, -0.15) is 0 Å². The largest absolute Gasteiger partial charge is 0.354 e. The molecular weight excluding hydrogens is 447 g/mol. The van der Waals surface area contributed by atoms with Gasteiger partial charge in [-0.15, -0.1) is 24.0 Å². The maximum Gasteiger partial charge on any atom is 0.191 e. The molecule has 5 heteroatoms. The van der Waals surface area contributed by atoms with Crippen LogP contribution in [0.3, 0.4) is 0 Å². The molecule has 0 radical (unpaired) electrons. The van der Waals surface area contributed by atoms with Gasteiger partial charge in [0.2, 0.25) is 0 Å². The number of hydrogen-bond donors (Lipinski definition) is 2. The first-order chi connectivity index (χ1) is 12.8. The highest BCUT2D eigenvalue weighted by Gasteiger charge is 2.19. The molecule has 2 aromatic carbocycles. The lowest BCUT2D eigenvalue weighted by molar-refractivity contribution is 0.203. The molecule has 1 heterocycles. The van der Waals surface area contributed by atoms with Crippen LogP contribution in [0, 0.1) is 0 Å². The van der Waals surface area contributed by atoms with E-state index in [0.29, 0.717) is 6.04 Å². The number of piperidine rings is 1. The van der Waals surface area contributed by atoms with Crippen LogP contribution >= 0.6 is 24.0 Å². The quantitative estimate of drug-likeness (QED) is 0.366. The van der Waals surface area contributed by atoms with Crippen molar-refractivity contribution in [1.82, 2.24) is 15.5 Å². The molecule has 0 amide bonds. The normalized spacial score (nSPS) is 16.1. The number of fused-ring (bicyclic) bond motifs is 1. The van der Waals surface area contributed by atoms with Crippen LogP contribution in [0.4, 0.5) is 0 Å². The maximum absolute atomic E-state index is 4.41. The van der Waals surface area contributed by atoms with Crippen LogP contribution in [0.25, 0.3) is 10.8 Å². The van der Waals surface area contributed by atoms with E-state index in [2.05, 4.69) is 69.9 Å².